The number of amides is 1. The number of likely N-dealkylation sites (N-methyl/N-ethyl adjacent to an activating group) is 2. The summed E-state index contributed by atoms with van der Waals surface area (Å²) in [5, 5.41) is 2.94. The Morgan fingerprint density at radius 2 is 1.81 bits per heavy atom. The molecule has 120 valence electrons. The van der Waals surface area contributed by atoms with Crippen molar-refractivity contribution in [3.05, 3.63) is 29.8 Å². The summed E-state index contributed by atoms with van der Waals surface area (Å²) in [7, 11) is 0.0952. The van der Waals surface area contributed by atoms with Gasteiger partial charge in [-0.2, -0.15) is 0 Å². The van der Waals surface area contributed by atoms with Gasteiger partial charge in [-0.05, 0) is 26.1 Å². The molecule has 0 aliphatic carbocycles. The van der Waals surface area contributed by atoms with Crippen LogP contribution in [0, 0.1) is 6.92 Å². The van der Waals surface area contributed by atoms with E-state index in [0.29, 0.717) is 13.1 Å². The summed E-state index contributed by atoms with van der Waals surface area (Å²) in [5.74, 6) is -0.311. The number of hydrogen-bond acceptors (Lipinski definition) is 4. The molecule has 0 fully saturated rings. The van der Waals surface area contributed by atoms with E-state index in [1.807, 2.05) is 6.92 Å². The normalized spacial score (nSPS) is 10.8. The Morgan fingerprint density at radius 1 is 1.24 bits per heavy atom. The van der Waals surface area contributed by atoms with Gasteiger partial charge in [0.15, 0.2) is 9.84 Å². The maximum Gasteiger partial charge on any atom is 0.223 e. The van der Waals surface area contributed by atoms with Crippen LogP contribution >= 0.6 is 12.4 Å². The van der Waals surface area contributed by atoms with E-state index in [9.17, 15) is 13.2 Å². The molecule has 0 unspecified atom stereocenters. The molecular formula is C14H23ClN2O3S. The molecule has 0 heterocycles. The van der Waals surface area contributed by atoms with Crippen molar-refractivity contribution in [2.45, 2.75) is 18.2 Å². The van der Waals surface area contributed by atoms with Crippen LogP contribution in [0.25, 0.3) is 0 Å². The number of nitrogens with zero attached hydrogens (tertiary/aromatic N) is 1. The Labute approximate surface area is 133 Å². The Kier molecular flexibility index (Phi) is 8.54. The van der Waals surface area contributed by atoms with Gasteiger partial charge in [0.25, 0.3) is 0 Å². The van der Waals surface area contributed by atoms with Crippen molar-refractivity contribution in [2.75, 3.05) is 32.9 Å². The van der Waals surface area contributed by atoms with Gasteiger partial charge in [0, 0.05) is 26.6 Å². The zero-order valence-electron chi connectivity index (χ0n) is 12.6. The smallest absolute Gasteiger partial charge is 0.223 e. The van der Waals surface area contributed by atoms with E-state index < -0.39 is 9.84 Å². The van der Waals surface area contributed by atoms with Gasteiger partial charge in [0.1, 0.15) is 0 Å². The average Bonchev–Trinajstić information content (AvgIpc) is 2.42. The molecular weight excluding hydrogens is 312 g/mol. The highest BCUT2D eigenvalue weighted by molar-refractivity contribution is 7.91. The molecule has 1 aromatic rings. The van der Waals surface area contributed by atoms with Crippen molar-refractivity contribution in [3.63, 3.8) is 0 Å². The fourth-order valence-electron chi connectivity index (χ4n) is 1.68. The highest BCUT2D eigenvalue weighted by Gasteiger charge is 2.17. The van der Waals surface area contributed by atoms with Crippen LogP contribution < -0.4 is 5.32 Å². The first kappa shape index (κ1) is 19.9. The highest BCUT2D eigenvalue weighted by Crippen LogP contribution is 2.13. The minimum Gasteiger partial charge on any atom is -0.344 e. The Bertz CT molecular complexity index is 544. The number of nitrogens with one attached hydrogen (secondary N) is 1. The lowest BCUT2D eigenvalue weighted by atomic mass is 10.2. The number of sulfone groups is 1. The zero-order valence-corrected chi connectivity index (χ0v) is 14.3. The van der Waals surface area contributed by atoms with Crippen molar-refractivity contribution >= 4 is 28.2 Å². The van der Waals surface area contributed by atoms with Gasteiger partial charge >= 0.3 is 0 Å². The molecule has 0 saturated carbocycles. The SMILES string of the molecule is CNCCN(C)C(=O)CCS(=O)(=O)c1ccc(C)cc1.Cl. The van der Waals surface area contributed by atoms with Gasteiger partial charge in [-0.3, -0.25) is 4.79 Å². The molecule has 1 N–H and O–H groups in total. The maximum atomic E-state index is 12.1. The molecule has 0 bridgehead atoms. The summed E-state index contributed by atoms with van der Waals surface area (Å²) in [6.45, 7) is 3.16. The average molecular weight is 335 g/mol. The third kappa shape index (κ3) is 6.46. The molecule has 0 radical (unpaired) electrons. The number of carbonyl (C=O) groups is 1. The third-order valence-electron chi connectivity index (χ3n) is 3.09. The largest absolute Gasteiger partial charge is 0.344 e. The number of hydrogen-bond donors (Lipinski definition) is 1. The molecule has 1 amide bonds. The zero-order chi connectivity index (χ0) is 15.2. The predicted molar refractivity (Wildman–Crippen MR) is 86.7 cm³/mol. The van der Waals surface area contributed by atoms with Gasteiger partial charge < -0.3 is 10.2 Å². The van der Waals surface area contributed by atoms with Gasteiger partial charge in [-0.15, -0.1) is 12.4 Å². The third-order valence-corrected chi connectivity index (χ3v) is 4.82. The highest BCUT2D eigenvalue weighted by atomic mass is 35.5. The lowest BCUT2D eigenvalue weighted by molar-refractivity contribution is -0.129. The molecule has 0 saturated heterocycles. The number of aryl methyl sites for hydroxylation is 1. The summed E-state index contributed by atoms with van der Waals surface area (Å²) >= 11 is 0. The lowest BCUT2D eigenvalue weighted by Crippen LogP contribution is -2.33. The minimum atomic E-state index is -3.39. The molecule has 0 spiro atoms. The van der Waals surface area contributed by atoms with E-state index in [2.05, 4.69) is 5.32 Å². The number of halogens is 1. The van der Waals surface area contributed by atoms with E-state index >= 15 is 0 Å². The summed E-state index contributed by atoms with van der Waals surface area (Å²) in [5.41, 5.74) is 1.01. The van der Waals surface area contributed by atoms with Crippen LogP contribution in [0.1, 0.15) is 12.0 Å². The number of rotatable bonds is 7. The van der Waals surface area contributed by atoms with Gasteiger partial charge in [0.2, 0.25) is 5.91 Å². The molecule has 0 aromatic heterocycles. The van der Waals surface area contributed by atoms with E-state index in [1.165, 1.54) is 0 Å². The van der Waals surface area contributed by atoms with Crippen molar-refractivity contribution in [1.82, 2.24) is 10.2 Å². The summed E-state index contributed by atoms with van der Waals surface area (Å²) in [4.78, 5) is 13.6. The molecule has 7 heteroatoms. The van der Waals surface area contributed by atoms with Crippen molar-refractivity contribution in [3.8, 4) is 0 Å². The predicted octanol–water partition coefficient (Wildman–Crippen LogP) is 1.26. The summed E-state index contributed by atoms with van der Waals surface area (Å²) < 4.78 is 24.2. The number of benzene rings is 1. The second-order valence-corrected chi connectivity index (χ2v) is 6.91. The second kappa shape index (κ2) is 9.02. The number of carbonyl (C=O) groups excluding carboxylic acids is 1. The Balaban J connectivity index is 0.00000400. The van der Waals surface area contributed by atoms with Crippen LogP contribution in [0.4, 0.5) is 0 Å². The second-order valence-electron chi connectivity index (χ2n) is 4.80. The quantitative estimate of drug-likeness (QED) is 0.815. The van der Waals surface area contributed by atoms with E-state index in [1.54, 1.807) is 43.3 Å². The lowest BCUT2D eigenvalue weighted by Gasteiger charge is -2.16. The molecule has 0 aliphatic rings. The van der Waals surface area contributed by atoms with Gasteiger partial charge in [-0.1, -0.05) is 17.7 Å². The maximum absolute atomic E-state index is 12.1. The molecule has 5 nitrogen and oxygen atoms in total. The first-order valence-corrected chi connectivity index (χ1v) is 8.20. The Morgan fingerprint density at radius 3 is 2.33 bits per heavy atom. The van der Waals surface area contributed by atoms with Crippen LogP contribution in [0.5, 0.6) is 0 Å². The Hall–Kier alpha value is -1.11. The van der Waals surface area contributed by atoms with Crippen molar-refractivity contribution < 1.29 is 13.2 Å². The summed E-state index contributed by atoms with van der Waals surface area (Å²) in [6, 6.07) is 6.68. The molecule has 21 heavy (non-hydrogen) atoms. The fourth-order valence-corrected chi connectivity index (χ4v) is 2.91. The van der Waals surface area contributed by atoms with Crippen LogP contribution in [0.2, 0.25) is 0 Å². The molecule has 1 rings (SSSR count). The van der Waals surface area contributed by atoms with Crippen molar-refractivity contribution in [2.24, 2.45) is 0 Å². The molecule has 1 aromatic carbocycles. The van der Waals surface area contributed by atoms with Gasteiger partial charge in [-0.25, -0.2) is 8.42 Å². The van der Waals surface area contributed by atoms with E-state index in [4.69, 9.17) is 0 Å². The van der Waals surface area contributed by atoms with E-state index in [0.717, 1.165) is 5.56 Å². The minimum absolute atomic E-state index is 0. The molecule has 0 atom stereocenters. The van der Waals surface area contributed by atoms with Crippen LogP contribution in [-0.4, -0.2) is 52.2 Å². The van der Waals surface area contributed by atoms with Crippen LogP contribution in [0.3, 0.4) is 0 Å². The first-order chi connectivity index (χ1) is 9.36. The monoisotopic (exact) mass is 334 g/mol. The van der Waals surface area contributed by atoms with Crippen LogP contribution in [0.15, 0.2) is 29.2 Å². The topological polar surface area (TPSA) is 66.5 Å². The van der Waals surface area contributed by atoms with Crippen LogP contribution in [-0.2, 0) is 14.6 Å². The van der Waals surface area contributed by atoms with Gasteiger partial charge in [0.05, 0.1) is 10.6 Å². The summed E-state index contributed by atoms with van der Waals surface area (Å²) in [6.07, 6.45) is 0.0103. The first-order valence-electron chi connectivity index (χ1n) is 6.55. The fraction of sp³-hybridized carbons (Fsp3) is 0.500. The van der Waals surface area contributed by atoms with E-state index in [-0.39, 0.29) is 35.4 Å². The molecule has 0 aliphatic heterocycles. The van der Waals surface area contributed by atoms with Crippen molar-refractivity contribution in [1.29, 1.82) is 0 Å². The standard InChI is InChI=1S/C14H22N2O3S.ClH/c1-12-4-6-13(7-5-12)20(18,19)11-8-14(17)16(3)10-9-15-2;/h4-7,15H,8-11H2,1-3H3;1H.